The highest BCUT2D eigenvalue weighted by molar-refractivity contribution is 6.21. The van der Waals surface area contributed by atoms with Crippen molar-refractivity contribution in [3.8, 4) is 0 Å². The first-order valence-corrected chi connectivity index (χ1v) is 7.41. The van der Waals surface area contributed by atoms with Crippen LogP contribution in [0.4, 0.5) is 0 Å². The Morgan fingerprint density at radius 3 is 2.09 bits per heavy atom. The van der Waals surface area contributed by atoms with Crippen molar-refractivity contribution in [2.24, 2.45) is 0 Å². The summed E-state index contributed by atoms with van der Waals surface area (Å²) in [5.74, 6) is -0.596. The summed E-state index contributed by atoms with van der Waals surface area (Å²) >= 11 is 0. The maximum absolute atomic E-state index is 12.4. The minimum Gasteiger partial charge on any atom is -0.356 e. The molecule has 2 aliphatic heterocycles. The largest absolute Gasteiger partial charge is 0.356 e. The van der Waals surface area contributed by atoms with Gasteiger partial charge in [0, 0.05) is 20.6 Å². The van der Waals surface area contributed by atoms with Crippen LogP contribution in [0, 0.1) is 0 Å². The molecular formula is C16H19NO6. The van der Waals surface area contributed by atoms with E-state index in [1.807, 2.05) is 0 Å². The molecule has 7 nitrogen and oxygen atoms in total. The van der Waals surface area contributed by atoms with Gasteiger partial charge >= 0.3 is 0 Å². The quantitative estimate of drug-likeness (QED) is 0.596. The van der Waals surface area contributed by atoms with E-state index in [0.29, 0.717) is 17.5 Å². The Hall–Kier alpha value is -1.80. The third-order valence-electron chi connectivity index (χ3n) is 4.05. The molecule has 0 aromatic heterocycles. The van der Waals surface area contributed by atoms with Gasteiger partial charge < -0.3 is 18.9 Å². The normalized spacial score (nSPS) is 24.4. The topological polar surface area (TPSA) is 74.3 Å². The van der Waals surface area contributed by atoms with Crippen molar-refractivity contribution in [1.29, 1.82) is 0 Å². The SMILES string of the molecule is COC(CC1OCC(N2C(=O)c3ccccc3C2=O)CO1)OC. The predicted octanol–water partition coefficient (Wildman–Crippen LogP) is 1.03. The average molecular weight is 321 g/mol. The first kappa shape index (κ1) is 16.1. The van der Waals surface area contributed by atoms with Crippen molar-refractivity contribution in [3.05, 3.63) is 35.4 Å². The molecule has 124 valence electrons. The van der Waals surface area contributed by atoms with Crippen LogP contribution in [-0.2, 0) is 18.9 Å². The fourth-order valence-electron chi connectivity index (χ4n) is 2.80. The van der Waals surface area contributed by atoms with Gasteiger partial charge in [0.25, 0.3) is 11.8 Å². The number of amides is 2. The minimum atomic E-state index is -0.480. The molecule has 0 N–H and O–H groups in total. The number of hydrogen-bond donors (Lipinski definition) is 0. The van der Waals surface area contributed by atoms with Gasteiger partial charge in [-0.3, -0.25) is 14.5 Å². The summed E-state index contributed by atoms with van der Waals surface area (Å²) < 4.78 is 21.4. The van der Waals surface area contributed by atoms with Crippen molar-refractivity contribution in [2.75, 3.05) is 27.4 Å². The first-order valence-electron chi connectivity index (χ1n) is 7.41. The van der Waals surface area contributed by atoms with Gasteiger partial charge in [-0.25, -0.2) is 0 Å². The zero-order valence-electron chi connectivity index (χ0n) is 13.1. The van der Waals surface area contributed by atoms with Crippen LogP contribution in [0.5, 0.6) is 0 Å². The Balaban J connectivity index is 1.63. The molecule has 0 atom stereocenters. The summed E-state index contributed by atoms with van der Waals surface area (Å²) in [4.78, 5) is 26.1. The highest BCUT2D eigenvalue weighted by Crippen LogP contribution is 2.26. The average Bonchev–Trinajstić information content (AvgIpc) is 2.85. The molecule has 23 heavy (non-hydrogen) atoms. The molecule has 1 fully saturated rings. The standard InChI is InChI=1S/C16H19NO6/c1-20-13(21-2)7-14-22-8-10(9-23-14)17-15(18)11-5-3-4-6-12(11)16(17)19/h3-6,10,13-14H,7-9H2,1-2H3. The molecule has 3 rings (SSSR count). The zero-order valence-corrected chi connectivity index (χ0v) is 13.1. The van der Waals surface area contributed by atoms with Crippen LogP contribution >= 0.6 is 0 Å². The van der Waals surface area contributed by atoms with E-state index in [-0.39, 0.29) is 25.0 Å². The maximum Gasteiger partial charge on any atom is 0.261 e. The Morgan fingerprint density at radius 2 is 1.61 bits per heavy atom. The highest BCUT2D eigenvalue weighted by atomic mass is 16.7. The molecule has 1 aromatic rings. The van der Waals surface area contributed by atoms with Gasteiger partial charge in [0.05, 0.1) is 30.4 Å². The predicted molar refractivity (Wildman–Crippen MR) is 78.8 cm³/mol. The molecule has 0 bridgehead atoms. The van der Waals surface area contributed by atoms with E-state index in [0.717, 1.165) is 0 Å². The molecule has 2 aliphatic rings. The van der Waals surface area contributed by atoms with E-state index in [4.69, 9.17) is 18.9 Å². The second-order valence-electron chi connectivity index (χ2n) is 5.41. The summed E-state index contributed by atoms with van der Waals surface area (Å²) in [6.07, 6.45) is -0.482. The van der Waals surface area contributed by atoms with Crippen LogP contribution < -0.4 is 0 Å². The van der Waals surface area contributed by atoms with Crippen LogP contribution in [0.2, 0.25) is 0 Å². The number of imide groups is 1. The van der Waals surface area contributed by atoms with Gasteiger partial charge in [-0.1, -0.05) is 12.1 Å². The van der Waals surface area contributed by atoms with Gasteiger partial charge in [0.1, 0.15) is 0 Å². The molecule has 0 spiro atoms. The number of nitrogens with zero attached hydrogens (tertiary/aromatic N) is 1. The smallest absolute Gasteiger partial charge is 0.261 e. The van der Waals surface area contributed by atoms with E-state index in [1.54, 1.807) is 38.5 Å². The third kappa shape index (κ3) is 3.00. The van der Waals surface area contributed by atoms with Crippen molar-refractivity contribution in [3.63, 3.8) is 0 Å². The first-order chi connectivity index (χ1) is 11.2. The van der Waals surface area contributed by atoms with Crippen LogP contribution in [0.25, 0.3) is 0 Å². The van der Waals surface area contributed by atoms with Crippen LogP contribution in [-0.4, -0.2) is 62.8 Å². The number of rotatable bonds is 5. The van der Waals surface area contributed by atoms with E-state index in [9.17, 15) is 9.59 Å². The lowest BCUT2D eigenvalue weighted by atomic mass is 10.1. The van der Waals surface area contributed by atoms with Crippen LogP contribution in [0.15, 0.2) is 24.3 Å². The van der Waals surface area contributed by atoms with Crippen molar-refractivity contribution in [1.82, 2.24) is 4.90 Å². The highest BCUT2D eigenvalue weighted by Gasteiger charge is 2.41. The molecule has 0 radical (unpaired) electrons. The molecule has 1 aromatic carbocycles. The van der Waals surface area contributed by atoms with E-state index < -0.39 is 18.6 Å². The summed E-state index contributed by atoms with van der Waals surface area (Å²) in [6, 6.07) is 6.37. The maximum atomic E-state index is 12.4. The third-order valence-corrected chi connectivity index (χ3v) is 4.05. The van der Waals surface area contributed by atoms with Gasteiger partial charge in [0.2, 0.25) is 0 Å². The van der Waals surface area contributed by atoms with E-state index in [1.165, 1.54) is 4.90 Å². The summed E-state index contributed by atoms with van der Waals surface area (Å²) in [5, 5.41) is 0. The molecule has 2 amide bonds. The van der Waals surface area contributed by atoms with Crippen LogP contribution in [0.3, 0.4) is 0 Å². The lowest BCUT2D eigenvalue weighted by Gasteiger charge is -2.34. The van der Waals surface area contributed by atoms with Gasteiger partial charge in [-0.2, -0.15) is 0 Å². The molecule has 0 saturated carbocycles. The number of fused-ring (bicyclic) bond motifs is 1. The number of carbonyl (C=O) groups is 2. The lowest BCUT2D eigenvalue weighted by Crippen LogP contribution is -2.50. The van der Waals surface area contributed by atoms with Crippen molar-refractivity contribution >= 4 is 11.8 Å². The van der Waals surface area contributed by atoms with E-state index in [2.05, 4.69) is 0 Å². The summed E-state index contributed by atoms with van der Waals surface area (Å²) in [7, 11) is 3.08. The zero-order chi connectivity index (χ0) is 16.4. The molecule has 7 heteroatoms. The van der Waals surface area contributed by atoms with Crippen molar-refractivity contribution < 1.29 is 28.5 Å². The van der Waals surface area contributed by atoms with Crippen LogP contribution in [0.1, 0.15) is 27.1 Å². The number of carbonyl (C=O) groups excluding carboxylic acids is 2. The second-order valence-corrected chi connectivity index (χ2v) is 5.41. The molecule has 0 aliphatic carbocycles. The number of benzene rings is 1. The summed E-state index contributed by atoms with van der Waals surface area (Å²) in [6.45, 7) is 0.465. The Kier molecular flexibility index (Phi) is 4.72. The molecule has 1 saturated heterocycles. The number of ether oxygens (including phenoxy) is 4. The van der Waals surface area contributed by atoms with Crippen molar-refractivity contribution in [2.45, 2.75) is 25.0 Å². The molecule has 0 unspecified atom stereocenters. The minimum absolute atomic E-state index is 0.232. The fourth-order valence-corrected chi connectivity index (χ4v) is 2.80. The molecular weight excluding hydrogens is 302 g/mol. The van der Waals surface area contributed by atoms with Gasteiger partial charge in [0.15, 0.2) is 12.6 Å². The van der Waals surface area contributed by atoms with Gasteiger partial charge in [-0.15, -0.1) is 0 Å². The van der Waals surface area contributed by atoms with E-state index >= 15 is 0 Å². The second kappa shape index (κ2) is 6.76. The lowest BCUT2D eigenvalue weighted by molar-refractivity contribution is -0.232. The Morgan fingerprint density at radius 1 is 1.09 bits per heavy atom. The molecule has 2 heterocycles. The van der Waals surface area contributed by atoms with Gasteiger partial charge in [-0.05, 0) is 12.1 Å². The number of methoxy groups -OCH3 is 2. The number of hydrogen-bond acceptors (Lipinski definition) is 6. The Labute approximate surface area is 134 Å². The fraction of sp³-hybridized carbons (Fsp3) is 0.500. The summed E-state index contributed by atoms with van der Waals surface area (Å²) in [5.41, 5.74) is 0.858. The Bertz CT molecular complexity index is 557. The monoisotopic (exact) mass is 321 g/mol.